The molecule has 1 aliphatic heterocycles. The van der Waals surface area contributed by atoms with E-state index in [9.17, 15) is 5.26 Å². The molecule has 0 saturated carbocycles. The molecule has 1 saturated heterocycles. The van der Waals surface area contributed by atoms with Crippen molar-refractivity contribution < 1.29 is 0 Å². The largest absolute Gasteiger partial charge is 0.367 e. The highest BCUT2D eigenvalue weighted by Crippen LogP contribution is 2.32. The number of rotatable bonds is 1. The average Bonchev–Trinajstić information content (AvgIpc) is 2.33. The molecule has 0 aliphatic carbocycles. The number of nitrogens with zero attached hydrogens (tertiary/aromatic N) is 2. The highest BCUT2D eigenvalue weighted by atomic mass is 35.5. The summed E-state index contributed by atoms with van der Waals surface area (Å²) in [6.45, 7) is 5.51. The minimum atomic E-state index is 0.467. The van der Waals surface area contributed by atoms with Crippen molar-refractivity contribution in [3.63, 3.8) is 0 Å². The Morgan fingerprint density at radius 3 is 2.88 bits per heavy atom. The third kappa shape index (κ3) is 2.40. The first-order valence-corrected chi connectivity index (χ1v) is 6.47. The maximum absolute atomic E-state index is 9.17. The van der Waals surface area contributed by atoms with Crippen molar-refractivity contribution in [2.75, 3.05) is 11.4 Å². The lowest BCUT2D eigenvalue weighted by Gasteiger charge is -2.40. The molecule has 1 heterocycles. The van der Waals surface area contributed by atoms with Gasteiger partial charge in [0.2, 0.25) is 0 Å². The monoisotopic (exact) mass is 248 g/mol. The van der Waals surface area contributed by atoms with Crippen LogP contribution in [0.1, 0.15) is 32.3 Å². The van der Waals surface area contributed by atoms with Crippen LogP contribution in [0.15, 0.2) is 18.2 Å². The van der Waals surface area contributed by atoms with Crippen molar-refractivity contribution in [2.24, 2.45) is 5.92 Å². The molecule has 2 atom stereocenters. The van der Waals surface area contributed by atoms with E-state index in [4.69, 9.17) is 11.6 Å². The summed E-state index contributed by atoms with van der Waals surface area (Å²) in [6.07, 6.45) is 2.45. The molecule has 0 spiro atoms. The van der Waals surface area contributed by atoms with Gasteiger partial charge in [-0.1, -0.05) is 18.5 Å². The molecule has 2 nitrogen and oxygen atoms in total. The van der Waals surface area contributed by atoms with Crippen molar-refractivity contribution in [3.8, 4) is 6.07 Å². The number of nitriles is 1. The van der Waals surface area contributed by atoms with Crippen LogP contribution in [0.4, 0.5) is 5.69 Å². The number of benzene rings is 1. The lowest BCUT2D eigenvalue weighted by Crippen LogP contribution is -2.42. The first-order valence-electron chi connectivity index (χ1n) is 6.09. The number of piperidine rings is 1. The van der Waals surface area contributed by atoms with E-state index in [2.05, 4.69) is 24.8 Å². The Morgan fingerprint density at radius 1 is 1.41 bits per heavy atom. The minimum absolute atomic E-state index is 0.467. The molecule has 1 aromatic rings. The maximum Gasteiger partial charge on any atom is 0.101 e. The van der Waals surface area contributed by atoms with Crippen molar-refractivity contribution >= 4 is 17.3 Å². The summed E-state index contributed by atoms with van der Waals surface area (Å²) in [6, 6.07) is 8.22. The SMILES string of the molecule is CC1CCCN(c2cc(Cl)ccc2C#N)C1C. The third-order valence-electron chi connectivity index (χ3n) is 3.76. The quantitative estimate of drug-likeness (QED) is 0.755. The van der Waals surface area contributed by atoms with Gasteiger partial charge in [-0.2, -0.15) is 5.26 Å². The molecule has 90 valence electrons. The summed E-state index contributed by atoms with van der Waals surface area (Å²) in [7, 11) is 0. The Hall–Kier alpha value is -1.20. The standard InChI is InChI=1S/C14H17ClN2/c1-10-4-3-7-17(11(10)2)14-8-13(15)6-5-12(14)9-16/h5-6,8,10-11H,3-4,7H2,1-2H3. The van der Waals surface area contributed by atoms with Crippen molar-refractivity contribution in [1.82, 2.24) is 0 Å². The van der Waals surface area contributed by atoms with Crippen LogP contribution in [0.5, 0.6) is 0 Å². The van der Waals surface area contributed by atoms with E-state index in [1.165, 1.54) is 12.8 Å². The van der Waals surface area contributed by atoms with Crippen LogP contribution in [-0.4, -0.2) is 12.6 Å². The van der Waals surface area contributed by atoms with Gasteiger partial charge in [-0.05, 0) is 43.9 Å². The first-order chi connectivity index (χ1) is 8.13. The second kappa shape index (κ2) is 4.98. The summed E-state index contributed by atoms with van der Waals surface area (Å²) < 4.78 is 0. The van der Waals surface area contributed by atoms with E-state index in [0.717, 1.165) is 17.8 Å². The summed E-state index contributed by atoms with van der Waals surface area (Å²) in [5.41, 5.74) is 1.70. The fraction of sp³-hybridized carbons (Fsp3) is 0.500. The second-order valence-corrected chi connectivity index (χ2v) is 5.26. The predicted molar refractivity (Wildman–Crippen MR) is 71.4 cm³/mol. The highest BCUT2D eigenvalue weighted by Gasteiger charge is 2.26. The Kier molecular flexibility index (Phi) is 3.59. The van der Waals surface area contributed by atoms with Crippen LogP contribution >= 0.6 is 11.6 Å². The zero-order chi connectivity index (χ0) is 12.4. The van der Waals surface area contributed by atoms with Crippen LogP contribution in [0.2, 0.25) is 5.02 Å². The Balaban J connectivity index is 2.39. The Bertz CT molecular complexity index is 450. The molecular formula is C14H17ClN2. The smallest absolute Gasteiger partial charge is 0.101 e. The number of hydrogen-bond donors (Lipinski definition) is 0. The van der Waals surface area contributed by atoms with E-state index in [1.807, 2.05) is 12.1 Å². The molecule has 2 rings (SSSR count). The van der Waals surface area contributed by atoms with Gasteiger partial charge in [0.05, 0.1) is 11.3 Å². The summed E-state index contributed by atoms with van der Waals surface area (Å²) >= 11 is 6.04. The van der Waals surface area contributed by atoms with Gasteiger partial charge >= 0.3 is 0 Å². The molecule has 0 N–H and O–H groups in total. The van der Waals surface area contributed by atoms with Crippen LogP contribution in [-0.2, 0) is 0 Å². The summed E-state index contributed by atoms with van der Waals surface area (Å²) in [5.74, 6) is 0.661. The summed E-state index contributed by atoms with van der Waals surface area (Å²) in [4.78, 5) is 2.32. The molecule has 2 unspecified atom stereocenters. The molecule has 1 aliphatic rings. The molecule has 3 heteroatoms. The van der Waals surface area contributed by atoms with E-state index in [0.29, 0.717) is 17.0 Å². The average molecular weight is 249 g/mol. The number of anilines is 1. The van der Waals surface area contributed by atoms with Crippen molar-refractivity contribution in [2.45, 2.75) is 32.7 Å². The number of hydrogen-bond acceptors (Lipinski definition) is 2. The van der Waals surface area contributed by atoms with Gasteiger partial charge in [-0.25, -0.2) is 0 Å². The summed E-state index contributed by atoms with van der Waals surface area (Å²) in [5, 5.41) is 9.87. The topological polar surface area (TPSA) is 27.0 Å². The fourth-order valence-electron chi connectivity index (χ4n) is 2.51. The zero-order valence-electron chi connectivity index (χ0n) is 10.3. The Labute approximate surface area is 108 Å². The maximum atomic E-state index is 9.17. The first kappa shape index (κ1) is 12.3. The highest BCUT2D eigenvalue weighted by molar-refractivity contribution is 6.30. The molecule has 0 amide bonds. The van der Waals surface area contributed by atoms with Gasteiger partial charge in [-0.15, -0.1) is 0 Å². The number of halogens is 1. The molecule has 17 heavy (non-hydrogen) atoms. The van der Waals surface area contributed by atoms with E-state index in [1.54, 1.807) is 6.07 Å². The fourth-order valence-corrected chi connectivity index (χ4v) is 2.68. The van der Waals surface area contributed by atoms with Crippen LogP contribution in [0, 0.1) is 17.2 Å². The molecule has 0 aromatic heterocycles. The molecule has 1 fully saturated rings. The molecule has 0 radical (unpaired) electrons. The zero-order valence-corrected chi connectivity index (χ0v) is 11.0. The lowest BCUT2D eigenvalue weighted by molar-refractivity contribution is 0.363. The van der Waals surface area contributed by atoms with Gasteiger partial charge < -0.3 is 4.90 Å². The van der Waals surface area contributed by atoms with Crippen LogP contribution < -0.4 is 4.90 Å². The van der Waals surface area contributed by atoms with Crippen molar-refractivity contribution in [3.05, 3.63) is 28.8 Å². The van der Waals surface area contributed by atoms with E-state index >= 15 is 0 Å². The third-order valence-corrected chi connectivity index (χ3v) is 4.00. The Morgan fingerprint density at radius 2 is 2.18 bits per heavy atom. The van der Waals surface area contributed by atoms with Gasteiger partial charge in [0.15, 0.2) is 0 Å². The van der Waals surface area contributed by atoms with Crippen LogP contribution in [0.25, 0.3) is 0 Å². The predicted octanol–water partition coefficient (Wildman–Crippen LogP) is 3.84. The van der Waals surface area contributed by atoms with Crippen LogP contribution in [0.3, 0.4) is 0 Å². The molecule has 1 aromatic carbocycles. The second-order valence-electron chi connectivity index (χ2n) is 4.83. The van der Waals surface area contributed by atoms with Gasteiger partial charge in [0, 0.05) is 17.6 Å². The minimum Gasteiger partial charge on any atom is -0.367 e. The molecular weight excluding hydrogens is 232 g/mol. The van der Waals surface area contributed by atoms with E-state index in [-0.39, 0.29) is 0 Å². The van der Waals surface area contributed by atoms with E-state index < -0.39 is 0 Å². The van der Waals surface area contributed by atoms with Gasteiger partial charge in [-0.3, -0.25) is 0 Å². The molecule has 0 bridgehead atoms. The van der Waals surface area contributed by atoms with Gasteiger partial charge in [0.25, 0.3) is 0 Å². The normalized spacial score (nSPS) is 24.5. The van der Waals surface area contributed by atoms with Gasteiger partial charge in [0.1, 0.15) is 6.07 Å². The lowest BCUT2D eigenvalue weighted by atomic mass is 9.91. The van der Waals surface area contributed by atoms with Crippen molar-refractivity contribution in [1.29, 1.82) is 5.26 Å².